The van der Waals surface area contributed by atoms with E-state index in [1.54, 1.807) is 4.90 Å². The van der Waals surface area contributed by atoms with Crippen LogP contribution in [0, 0.1) is 0 Å². The molecule has 0 atom stereocenters. The van der Waals surface area contributed by atoms with Gasteiger partial charge in [0.1, 0.15) is 18.2 Å². The van der Waals surface area contributed by atoms with E-state index >= 15 is 0 Å². The normalized spacial score (nSPS) is 15.8. The van der Waals surface area contributed by atoms with Crippen molar-refractivity contribution in [1.29, 1.82) is 0 Å². The Labute approximate surface area is 139 Å². The van der Waals surface area contributed by atoms with Crippen molar-refractivity contribution in [3.05, 3.63) is 42.6 Å². The summed E-state index contributed by atoms with van der Waals surface area (Å²) in [4.78, 5) is 18.0. The number of aromatic nitrogens is 4. The molecule has 3 heterocycles. The lowest BCUT2D eigenvalue weighted by Crippen LogP contribution is -2.42. The number of aryl methyl sites for hydroxylation is 1. The zero-order valence-electron chi connectivity index (χ0n) is 13.5. The molecule has 1 saturated heterocycles. The summed E-state index contributed by atoms with van der Waals surface area (Å²) in [6.07, 6.45) is 5.13. The Hall–Kier alpha value is -2.83. The van der Waals surface area contributed by atoms with Gasteiger partial charge in [0, 0.05) is 44.6 Å². The van der Waals surface area contributed by atoms with Gasteiger partial charge in [0.2, 0.25) is 5.82 Å². The smallest absolute Gasteiger partial charge is 0.291 e. The summed E-state index contributed by atoms with van der Waals surface area (Å²) >= 11 is 0. The first-order valence-electron chi connectivity index (χ1n) is 8.08. The molecule has 1 aromatic carbocycles. The highest BCUT2D eigenvalue weighted by atomic mass is 16.5. The Bertz CT molecular complexity index is 847. The van der Waals surface area contributed by atoms with E-state index in [0.717, 1.165) is 29.5 Å². The van der Waals surface area contributed by atoms with E-state index in [1.165, 1.54) is 6.33 Å². The number of amides is 1. The molecular formula is C17H19N5O2. The second-order valence-electron chi connectivity index (χ2n) is 6.06. The summed E-state index contributed by atoms with van der Waals surface area (Å²) in [5.41, 5.74) is 1.16. The van der Waals surface area contributed by atoms with Crippen molar-refractivity contribution >= 4 is 16.8 Å². The van der Waals surface area contributed by atoms with Crippen molar-refractivity contribution in [2.75, 3.05) is 13.1 Å². The summed E-state index contributed by atoms with van der Waals surface area (Å²) in [6, 6.07) is 8.18. The number of hydrogen-bond donors (Lipinski definition) is 1. The minimum absolute atomic E-state index is 0.101. The van der Waals surface area contributed by atoms with E-state index in [0.29, 0.717) is 18.9 Å². The first-order valence-corrected chi connectivity index (χ1v) is 8.08. The molecule has 0 saturated carbocycles. The summed E-state index contributed by atoms with van der Waals surface area (Å²) in [6.45, 7) is 1.32. The lowest BCUT2D eigenvalue weighted by atomic mass is 10.1. The van der Waals surface area contributed by atoms with Crippen LogP contribution in [0.4, 0.5) is 0 Å². The van der Waals surface area contributed by atoms with E-state index in [2.05, 4.69) is 31.9 Å². The fourth-order valence-corrected chi connectivity index (χ4v) is 3.19. The molecule has 0 spiro atoms. The topological polar surface area (TPSA) is 76.0 Å². The first-order chi connectivity index (χ1) is 11.7. The molecule has 3 aromatic rings. The van der Waals surface area contributed by atoms with Gasteiger partial charge >= 0.3 is 0 Å². The van der Waals surface area contributed by atoms with Gasteiger partial charge in [-0.2, -0.15) is 5.10 Å². The molecule has 1 fully saturated rings. The van der Waals surface area contributed by atoms with E-state index in [9.17, 15) is 4.79 Å². The Morgan fingerprint density at radius 3 is 2.88 bits per heavy atom. The zero-order valence-corrected chi connectivity index (χ0v) is 13.5. The third-order valence-corrected chi connectivity index (χ3v) is 4.53. The van der Waals surface area contributed by atoms with Gasteiger partial charge in [-0.05, 0) is 18.2 Å². The quantitative estimate of drug-likeness (QED) is 0.799. The van der Waals surface area contributed by atoms with Gasteiger partial charge in [-0.1, -0.05) is 6.07 Å². The number of carbonyl (C=O) groups is 1. The van der Waals surface area contributed by atoms with Gasteiger partial charge in [0.15, 0.2) is 0 Å². The highest BCUT2D eigenvalue weighted by Crippen LogP contribution is 2.28. The van der Waals surface area contributed by atoms with Gasteiger partial charge in [-0.3, -0.25) is 9.89 Å². The third-order valence-electron chi connectivity index (χ3n) is 4.53. The number of piperidine rings is 1. The molecule has 24 heavy (non-hydrogen) atoms. The molecule has 1 N–H and O–H groups in total. The Morgan fingerprint density at radius 1 is 1.29 bits per heavy atom. The minimum atomic E-state index is -0.101. The largest absolute Gasteiger partial charge is 0.490 e. The molecule has 0 bridgehead atoms. The molecule has 4 rings (SSSR count). The molecule has 124 valence electrons. The second-order valence-corrected chi connectivity index (χ2v) is 6.06. The number of benzene rings is 1. The van der Waals surface area contributed by atoms with Crippen molar-refractivity contribution in [3.8, 4) is 5.75 Å². The van der Waals surface area contributed by atoms with E-state index in [-0.39, 0.29) is 12.0 Å². The number of hydrogen-bond acceptors (Lipinski definition) is 4. The summed E-state index contributed by atoms with van der Waals surface area (Å²) in [5.74, 6) is 1.10. The van der Waals surface area contributed by atoms with Gasteiger partial charge in [0.05, 0.1) is 5.52 Å². The van der Waals surface area contributed by atoms with Crippen LogP contribution >= 0.6 is 0 Å². The Kier molecular flexibility index (Phi) is 3.68. The fourth-order valence-electron chi connectivity index (χ4n) is 3.19. The van der Waals surface area contributed by atoms with Crippen molar-refractivity contribution < 1.29 is 9.53 Å². The lowest BCUT2D eigenvalue weighted by Gasteiger charge is -2.31. The molecule has 0 radical (unpaired) electrons. The maximum atomic E-state index is 12.3. The third kappa shape index (κ3) is 2.62. The first kappa shape index (κ1) is 14.7. The highest BCUT2D eigenvalue weighted by Gasteiger charge is 2.26. The van der Waals surface area contributed by atoms with Gasteiger partial charge in [0.25, 0.3) is 5.91 Å². The predicted molar refractivity (Wildman–Crippen MR) is 88.9 cm³/mol. The molecule has 0 unspecified atom stereocenters. The number of fused-ring (bicyclic) bond motifs is 1. The number of aromatic amines is 1. The van der Waals surface area contributed by atoms with Crippen LogP contribution < -0.4 is 4.74 Å². The number of carbonyl (C=O) groups excluding carboxylic acids is 1. The Morgan fingerprint density at radius 2 is 2.12 bits per heavy atom. The zero-order chi connectivity index (χ0) is 16.5. The molecule has 2 aromatic heterocycles. The summed E-state index contributed by atoms with van der Waals surface area (Å²) in [7, 11) is 2.03. The van der Waals surface area contributed by atoms with Gasteiger partial charge in [-0.15, -0.1) is 0 Å². The van der Waals surface area contributed by atoms with E-state index < -0.39 is 0 Å². The molecule has 1 aliphatic heterocycles. The summed E-state index contributed by atoms with van der Waals surface area (Å²) < 4.78 is 8.30. The Balaban J connectivity index is 1.42. The lowest BCUT2D eigenvalue weighted by molar-refractivity contribution is 0.0587. The number of ether oxygens (including phenoxy) is 1. The summed E-state index contributed by atoms with van der Waals surface area (Å²) in [5, 5.41) is 7.48. The highest BCUT2D eigenvalue weighted by molar-refractivity contribution is 5.90. The van der Waals surface area contributed by atoms with Gasteiger partial charge < -0.3 is 14.2 Å². The molecule has 1 amide bonds. The maximum Gasteiger partial charge on any atom is 0.291 e. The van der Waals surface area contributed by atoms with Crippen molar-refractivity contribution in [2.45, 2.75) is 18.9 Å². The standard InChI is InChI=1S/C17H19N5O2/c1-21-8-7-13-14(21)3-2-4-15(13)24-12-5-9-22(10-6-12)17(23)16-18-11-19-20-16/h2-4,7-8,11-12H,5-6,9-10H2,1H3,(H,18,19,20). The second kappa shape index (κ2) is 5.99. The molecule has 0 aliphatic carbocycles. The SMILES string of the molecule is Cn1ccc2c(OC3CCN(C(=O)c4ncn[nH]4)CC3)cccc21. The van der Waals surface area contributed by atoms with Crippen molar-refractivity contribution in [1.82, 2.24) is 24.6 Å². The van der Waals surface area contributed by atoms with Crippen LogP contribution in [0.25, 0.3) is 10.9 Å². The van der Waals surface area contributed by atoms with Crippen LogP contribution in [-0.2, 0) is 7.05 Å². The fraction of sp³-hybridized carbons (Fsp3) is 0.353. The van der Waals surface area contributed by atoms with Crippen molar-refractivity contribution in [2.24, 2.45) is 7.05 Å². The minimum Gasteiger partial charge on any atom is -0.490 e. The molecule has 1 aliphatic rings. The van der Waals surface area contributed by atoms with Crippen LogP contribution in [0.2, 0.25) is 0 Å². The van der Waals surface area contributed by atoms with Gasteiger partial charge in [-0.25, -0.2) is 4.98 Å². The van der Waals surface area contributed by atoms with E-state index in [1.807, 2.05) is 25.4 Å². The number of nitrogens with one attached hydrogen (secondary N) is 1. The van der Waals surface area contributed by atoms with Crippen LogP contribution in [-0.4, -0.2) is 49.7 Å². The van der Waals surface area contributed by atoms with Crippen LogP contribution in [0.5, 0.6) is 5.75 Å². The number of nitrogens with zero attached hydrogens (tertiary/aromatic N) is 4. The molecular weight excluding hydrogens is 306 g/mol. The van der Waals surface area contributed by atoms with Crippen LogP contribution in [0.3, 0.4) is 0 Å². The number of rotatable bonds is 3. The van der Waals surface area contributed by atoms with Crippen molar-refractivity contribution in [3.63, 3.8) is 0 Å². The predicted octanol–water partition coefficient (Wildman–Crippen LogP) is 1.98. The van der Waals surface area contributed by atoms with Crippen LogP contribution in [0.15, 0.2) is 36.8 Å². The molecule has 7 heteroatoms. The average Bonchev–Trinajstić information content (AvgIpc) is 3.26. The van der Waals surface area contributed by atoms with Crippen LogP contribution in [0.1, 0.15) is 23.5 Å². The number of H-pyrrole nitrogens is 1. The molecule has 7 nitrogen and oxygen atoms in total. The average molecular weight is 325 g/mol. The monoisotopic (exact) mass is 325 g/mol. The maximum absolute atomic E-state index is 12.3. The number of likely N-dealkylation sites (tertiary alicyclic amines) is 1. The van der Waals surface area contributed by atoms with E-state index in [4.69, 9.17) is 4.74 Å².